The van der Waals surface area contributed by atoms with Gasteiger partial charge in [-0.15, -0.1) is 0 Å². The SMILES string of the molecule is Cn1c(CN2CCC[C@@H](C(=O)N3CCN(CCO)CC3)C2)nc2ccccc21. The lowest BCUT2D eigenvalue weighted by Gasteiger charge is -2.38. The van der Waals surface area contributed by atoms with Gasteiger partial charge in [-0.1, -0.05) is 12.1 Å². The van der Waals surface area contributed by atoms with Gasteiger partial charge >= 0.3 is 0 Å². The molecule has 152 valence electrons. The van der Waals surface area contributed by atoms with Gasteiger partial charge in [0.25, 0.3) is 0 Å². The van der Waals surface area contributed by atoms with E-state index in [1.165, 1.54) is 0 Å². The third-order valence-corrected chi connectivity index (χ3v) is 6.20. The molecule has 0 saturated carbocycles. The smallest absolute Gasteiger partial charge is 0.227 e. The first-order chi connectivity index (χ1) is 13.7. The number of rotatable bonds is 5. The molecule has 1 N–H and O–H groups in total. The number of hydrogen-bond donors (Lipinski definition) is 1. The van der Waals surface area contributed by atoms with E-state index in [-0.39, 0.29) is 12.5 Å². The van der Waals surface area contributed by atoms with Crippen LogP contribution in [-0.4, -0.2) is 87.7 Å². The Labute approximate surface area is 166 Å². The minimum atomic E-state index is 0.0906. The number of likely N-dealkylation sites (tertiary alicyclic amines) is 1. The van der Waals surface area contributed by atoms with Crippen LogP contribution >= 0.6 is 0 Å². The van der Waals surface area contributed by atoms with E-state index in [1.54, 1.807) is 0 Å². The summed E-state index contributed by atoms with van der Waals surface area (Å²) in [5.74, 6) is 1.46. The predicted octanol–water partition coefficient (Wildman–Crippen LogP) is 0.922. The van der Waals surface area contributed by atoms with E-state index in [0.717, 1.165) is 75.5 Å². The average Bonchev–Trinajstić information content (AvgIpc) is 3.04. The van der Waals surface area contributed by atoms with Crippen molar-refractivity contribution in [3.05, 3.63) is 30.1 Å². The zero-order valence-electron chi connectivity index (χ0n) is 16.8. The molecular weight excluding hydrogens is 354 g/mol. The maximum Gasteiger partial charge on any atom is 0.227 e. The van der Waals surface area contributed by atoms with Crippen LogP contribution in [0, 0.1) is 5.92 Å². The molecule has 2 aliphatic heterocycles. The summed E-state index contributed by atoms with van der Waals surface area (Å²) in [5, 5.41) is 9.08. The van der Waals surface area contributed by atoms with Crippen molar-refractivity contribution in [1.82, 2.24) is 24.3 Å². The van der Waals surface area contributed by atoms with Crippen molar-refractivity contribution in [2.24, 2.45) is 13.0 Å². The van der Waals surface area contributed by atoms with Gasteiger partial charge in [0, 0.05) is 46.3 Å². The van der Waals surface area contributed by atoms with E-state index >= 15 is 0 Å². The fraction of sp³-hybridized carbons (Fsp3) is 0.619. The molecular formula is C21H31N5O2. The van der Waals surface area contributed by atoms with Crippen molar-refractivity contribution in [3.63, 3.8) is 0 Å². The number of amides is 1. The number of aromatic nitrogens is 2. The molecule has 2 aromatic rings. The lowest BCUT2D eigenvalue weighted by Crippen LogP contribution is -2.52. The van der Waals surface area contributed by atoms with Gasteiger partial charge in [-0.3, -0.25) is 14.6 Å². The topological polar surface area (TPSA) is 64.8 Å². The van der Waals surface area contributed by atoms with Crippen molar-refractivity contribution in [2.75, 3.05) is 52.4 Å². The normalized spacial score (nSPS) is 22.1. The molecule has 0 unspecified atom stereocenters. The highest BCUT2D eigenvalue weighted by Crippen LogP contribution is 2.22. The first kappa shape index (κ1) is 19.4. The number of β-amino-alcohol motifs (C(OH)–C–C–N with tert-alkyl or cyclic N) is 1. The van der Waals surface area contributed by atoms with Crippen molar-refractivity contribution in [3.8, 4) is 0 Å². The Balaban J connectivity index is 1.36. The van der Waals surface area contributed by atoms with Crippen molar-refractivity contribution < 1.29 is 9.90 Å². The quantitative estimate of drug-likeness (QED) is 0.829. The molecule has 3 heterocycles. The summed E-state index contributed by atoms with van der Waals surface area (Å²) in [5.41, 5.74) is 2.19. The fourth-order valence-corrected chi connectivity index (χ4v) is 4.53. The van der Waals surface area contributed by atoms with Crippen LogP contribution in [0.2, 0.25) is 0 Å². The maximum absolute atomic E-state index is 13.0. The maximum atomic E-state index is 13.0. The number of benzene rings is 1. The second-order valence-corrected chi connectivity index (χ2v) is 8.04. The van der Waals surface area contributed by atoms with E-state index in [1.807, 2.05) is 17.0 Å². The summed E-state index contributed by atoms with van der Waals surface area (Å²) in [6.07, 6.45) is 2.04. The van der Waals surface area contributed by atoms with Crippen LogP contribution in [0.15, 0.2) is 24.3 Å². The lowest BCUT2D eigenvalue weighted by molar-refractivity contribution is -0.139. The van der Waals surface area contributed by atoms with Crippen LogP contribution in [0.5, 0.6) is 0 Å². The van der Waals surface area contributed by atoms with Crippen LogP contribution in [0.3, 0.4) is 0 Å². The van der Waals surface area contributed by atoms with E-state index in [0.29, 0.717) is 12.5 Å². The summed E-state index contributed by atoms with van der Waals surface area (Å²) in [6, 6.07) is 8.22. The molecule has 2 fully saturated rings. The average molecular weight is 386 g/mol. The van der Waals surface area contributed by atoms with Gasteiger partial charge in [-0.05, 0) is 31.5 Å². The molecule has 0 aliphatic carbocycles. The molecule has 1 aromatic heterocycles. The predicted molar refractivity (Wildman–Crippen MR) is 109 cm³/mol. The molecule has 7 heteroatoms. The van der Waals surface area contributed by atoms with Crippen LogP contribution < -0.4 is 0 Å². The highest BCUT2D eigenvalue weighted by atomic mass is 16.3. The van der Waals surface area contributed by atoms with Gasteiger partial charge in [-0.2, -0.15) is 0 Å². The summed E-state index contributed by atoms with van der Waals surface area (Å²) < 4.78 is 2.17. The van der Waals surface area contributed by atoms with E-state index in [9.17, 15) is 4.79 Å². The number of nitrogens with zero attached hydrogens (tertiary/aromatic N) is 5. The number of aryl methyl sites for hydroxylation is 1. The van der Waals surface area contributed by atoms with Gasteiger partial charge < -0.3 is 14.6 Å². The van der Waals surface area contributed by atoms with Crippen LogP contribution in [0.1, 0.15) is 18.7 Å². The Morgan fingerprint density at radius 1 is 1.14 bits per heavy atom. The number of fused-ring (bicyclic) bond motifs is 1. The summed E-state index contributed by atoms with van der Waals surface area (Å²) >= 11 is 0. The van der Waals surface area contributed by atoms with Gasteiger partial charge in [0.1, 0.15) is 5.82 Å². The minimum Gasteiger partial charge on any atom is -0.395 e. The number of para-hydroxylation sites is 2. The number of hydrogen-bond acceptors (Lipinski definition) is 5. The molecule has 2 aliphatic rings. The highest BCUT2D eigenvalue weighted by molar-refractivity contribution is 5.79. The third kappa shape index (κ3) is 4.06. The third-order valence-electron chi connectivity index (χ3n) is 6.20. The summed E-state index contributed by atoms with van der Waals surface area (Å²) in [4.78, 5) is 24.5. The largest absolute Gasteiger partial charge is 0.395 e. The van der Waals surface area contributed by atoms with E-state index in [2.05, 4.69) is 33.5 Å². The molecule has 4 rings (SSSR count). The number of piperidine rings is 1. The van der Waals surface area contributed by atoms with E-state index in [4.69, 9.17) is 10.1 Å². The number of carbonyl (C=O) groups excluding carboxylic acids is 1. The zero-order valence-corrected chi connectivity index (χ0v) is 16.8. The monoisotopic (exact) mass is 385 g/mol. The molecule has 0 radical (unpaired) electrons. The fourth-order valence-electron chi connectivity index (χ4n) is 4.53. The highest BCUT2D eigenvalue weighted by Gasteiger charge is 2.31. The van der Waals surface area contributed by atoms with Gasteiger partial charge in [-0.25, -0.2) is 4.98 Å². The van der Waals surface area contributed by atoms with E-state index < -0.39 is 0 Å². The minimum absolute atomic E-state index is 0.0906. The Bertz CT molecular complexity index is 812. The van der Waals surface area contributed by atoms with Gasteiger partial charge in [0.2, 0.25) is 5.91 Å². The first-order valence-corrected chi connectivity index (χ1v) is 10.4. The number of imidazole rings is 1. The molecule has 7 nitrogen and oxygen atoms in total. The van der Waals surface area contributed by atoms with Crippen molar-refractivity contribution in [1.29, 1.82) is 0 Å². The number of aliphatic hydroxyl groups excluding tert-OH is 1. The second-order valence-electron chi connectivity index (χ2n) is 8.04. The first-order valence-electron chi connectivity index (χ1n) is 10.4. The molecule has 2 saturated heterocycles. The van der Waals surface area contributed by atoms with Gasteiger partial charge in [0.05, 0.1) is 30.1 Å². The molecule has 0 bridgehead atoms. The zero-order chi connectivity index (χ0) is 19.5. The Morgan fingerprint density at radius 3 is 2.68 bits per heavy atom. The number of piperazine rings is 1. The Hall–Kier alpha value is -1.96. The molecule has 1 amide bonds. The van der Waals surface area contributed by atoms with Gasteiger partial charge in [0.15, 0.2) is 0 Å². The summed E-state index contributed by atoms with van der Waals surface area (Å²) in [7, 11) is 2.07. The molecule has 1 aromatic carbocycles. The lowest BCUT2D eigenvalue weighted by atomic mass is 9.96. The van der Waals surface area contributed by atoms with Crippen molar-refractivity contribution in [2.45, 2.75) is 19.4 Å². The summed E-state index contributed by atoms with van der Waals surface area (Å²) in [6.45, 7) is 6.81. The molecule has 1 atom stereocenters. The number of aliphatic hydroxyl groups is 1. The standard InChI is InChI=1S/C21H31N5O2/c1-23-19-7-3-2-6-18(19)22-20(23)16-25-8-4-5-17(15-25)21(28)26-11-9-24(10-12-26)13-14-27/h2-3,6-7,17,27H,4-5,8-16H2,1H3/t17-/m1/s1. The van der Waals surface area contributed by atoms with Crippen LogP contribution in [-0.2, 0) is 18.4 Å². The Kier molecular flexibility index (Phi) is 5.94. The van der Waals surface area contributed by atoms with Crippen molar-refractivity contribution >= 4 is 16.9 Å². The number of carbonyl (C=O) groups is 1. The van der Waals surface area contributed by atoms with Crippen LogP contribution in [0.4, 0.5) is 0 Å². The van der Waals surface area contributed by atoms with Crippen LogP contribution in [0.25, 0.3) is 11.0 Å². The molecule has 28 heavy (non-hydrogen) atoms. The second kappa shape index (κ2) is 8.59. The molecule has 0 spiro atoms. The Morgan fingerprint density at radius 2 is 1.93 bits per heavy atom.